The molecule has 0 spiro atoms. The second-order valence-corrected chi connectivity index (χ2v) is 5.56. The summed E-state index contributed by atoms with van der Waals surface area (Å²) >= 11 is 0. The number of carbonyl (C=O) groups excluding carboxylic acids is 2. The van der Waals surface area contributed by atoms with Gasteiger partial charge in [-0.1, -0.05) is 12.1 Å². The van der Waals surface area contributed by atoms with Crippen LogP contribution in [0.15, 0.2) is 30.3 Å². The molecule has 0 aliphatic heterocycles. The molecule has 6 nitrogen and oxygen atoms in total. The number of rotatable bonds is 6. The molecule has 0 atom stereocenters. The molecule has 0 saturated heterocycles. The Bertz CT molecular complexity index is 830. The third kappa shape index (κ3) is 4.48. The molecule has 0 N–H and O–H groups in total. The van der Waals surface area contributed by atoms with E-state index in [4.69, 9.17) is 14.7 Å². The predicted molar refractivity (Wildman–Crippen MR) is 90.8 cm³/mol. The van der Waals surface area contributed by atoms with Crippen LogP contribution in [0.3, 0.4) is 0 Å². The van der Waals surface area contributed by atoms with Crippen molar-refractivity contribution in [3.05, 3.63) is 58.4 Å². The quantitative estimate of drug-likeness (QED) is 0.755. The second kappa shape index (κ2) is 8.15. The lowest BCUT2D eigenvalue weighted by atomic mass is 10.1. The highest BCUT2D eigenvalue weighted by molar-refractivity contribution is 5.91. The number of ether oxygens (including phenoxy) is 2. The number of hydrogen-bond donors (Lipinski definition) is 0. The van der Waals surface area contributed by atoms with Gasteiger partial charge in [-0.3, -0.25) is 4.79 Å². The number of nitriles is 1. The lowest BCUT2D eigenvalue weighted by Gasteiger charge is -2.10. The van der Waals surface area contributed by atoms with Gasteiger partial charge >= 0.3 is 11.9 Å². The van der Waals surface area contributed by atoms with E-state index in [-0.39, 0.29) is 13.2 Å². The highest BCUT2D eigenvalue weighted by Crippen LogP contribution is 2.16. The molecule has 0 saturated carbocycles. The molecule has 0 aliphatic rings. The first-order chi connectivity index (χ1) is 12.0. The van der Waals surface area contributed by atoms with Gasteiger partial charge in [-0.25, -0.2) is 4.79 Å². The summed E-state index contributed by atoms with van der Waals surface area (Å²) in [6.45, 7) is 5.73. The second-order valence-electron chi connectivity index (χ2n) is 5.56. The maximum Gasteiger partial charge on any atom is 0.339 e. The van der Waals surface area contributed by atoms with Gasteiger partial charge in [0.25, 0.3) is 0 Å². The zero-order valence-electron chi connectivity index (χ0n) is 14.5. The van der Waals surface area contributed by atoms with Crippen LogP contribution < -0.4 is 0 Å². The number of benzene rings is 1. The number of aryl methyl sites for hydroxylation is 1. The van der Waals surface area contributed by atoms with Crippen LogP contribution >= 0.6 is 0 Å². The van der Waals surface area contributed by atoms with Crippen molar-refractivity contribution in [1.82, 2.24) is 4.57 Å². The summed E-state index contributed by atoms with van der Waals surface area (Å²) in [4.78, 5) is 24.0. The van der Waals surface area contributed by atoms with E-state index in [1.165, 1.54) is 0 Å². The van der Waals surface area contributed by atoms with Crippen molar-refractivity contribution in [2.45, 2.75) is 33.9 Å². The molecule has 130 valence electrons. The molecule has 1 aromatic heterocycles. The van der Waals surface area contributed by atoms with Gasteiger partial charge in [-0.05, 0) is 44.5 Å². The van der Waals surface area contributed by atoms with E-state index in [9.17, 15) is 9.59 Å². The van der Waals surface area contributed by atoms with E-state index in [1.54, 1.807) is 48.7 Å². The Morgan fingerprint density at radius 2 is 1.96 bits per heavy atom. The summed E-state index contributed by atoms with van der Waals surface area (Å²) < 4.78 is 12.0. The zero-order valence-corrected chi connectivity index (χ0v) is 14.5. The van der Waals surface area contributed by atoms with Gasteiger partial charge in [0.05, 0.1) is 23.8 Å². The van der Waals surface area contributed by atoms with E-state index in [0.717, 1.165) is 11.3 Å². The summed E-state index contributed by atoms with van der Waals surface area (Å²) in [7, 11) is 0. The van der Waals surface area contributed by atoms with Crippen LogP contribution in [0.25, 0.3) is 0 Å². The number of hydrogen-bond acceptors (Lipinski definition) is 5. The Morgan fingerprint density at radius 1 is 1.20 bits per heavy atom. The Hall–Kier alpha value is -3.07. The molecule has 1 heterocycles. The Morgan fingerprint density at radius 3 is 2.64 bits per heavy atom. The molecule has 2 rings (SSSR count). The molecule has 0 amide bonds. The Kier molecular flexibility index (Phi) is 5.96. The summed E-state index contributed by atoms with van der Waals surface area (Å²) in [5.74, 6) is -0.817. The van der Waals surface area contributed by atoms with E-state index >= 15 is 0 Å². The lowest BCUT2D eigenvalue weighted by molar-refractivity contribution is -0.145. The third-order valence-corrected chi connectivity index (χ3v) is 3.81. The fourth-order valence-electron chi connectivity index (χ4n) is 2.53. The van der Waals surface area contributed by atoms with Crippen molar-refractivity contribution < 1.29 is 19.1 Å². The fraction of sp³-hybridized carbons (Fsp3) is 0.316. The molecule has 0 bridgehead atoms. The maximum atomic E-state index is 12.1. The summed E-state index contributed by atoms with van der Waals surface area (Å²) in [5.41, 5.74) is 3.17. The highest BCUT2D eigenvalue weighted by atomic mass is 16.5. The van der Waals surface area contributed by atoms with Gasteiger partial charge in [0.2, 0.25) is 0 Å². The van der Waals surface area contributed by atoms with Crippen molar-refractivity contribution in [2.24, 2.45) is 0 Å². The third-order valence-electron chi connectivity index (χ3n) is 3.81. The van der Waals surface area contributed by atoms with Crippen LogP contribution in [0.5, 0.6) is 0 Å². The average molecular weight is 340 g/mol. The standard InChI is InChI=1S/C19H20N2O4/c1-4-24-19(23)17-8-13(2)21(14(17)3)11-18(22)25-12-16-7-5-6-15(9-16)10-20/h5-9H,4,11-12H2,1-3H3. The number of nitrogens with zero attached hydrogens (tertiary/aromatic N) is 2. The molecule has 6 heteroatoms. The summed E-state index contributed by atoms with van der Waals surface area (Å²) in [6, 6.07) is 10.7. The molecule has 2 aromatic rings. The van der Waals surface area contributed by atoms with Gasteiger partial charge in [-0.2, -0.15) is 5.26 Å². The molecule has 0 unspecified atom stereocenters. The number of carbonyl (C=O) groups is 2. The van der Waals surface area contributed by atoms with Crippen molar-refractivity contribution in [2.75, 3.05) is 6.61 Å². The van der Waals surface area contributed by atoms with Crippen LogP contribution in [0.1, 0.15) is 39.8 Å². The molecule has 0 aliphatic carbocycles. The number of aromatic nitrogens is 1. The Labute approximate surface area is 146 Å². The van der Waals surface area contributed by atoms with Gasteiger partial charge in [0.1, 0.15) is 13.2 Å². The molecular weight excluding hydrogens is 320 g/mol. The summed E-state index contributed by atoms with van der Waals surface area (Å²) in [5, 5.41) is 8.88. The first-order valence-corrected chi connectivity index (χ1v) is 7.94. The predicted octanol–water partition coefficient (Wildman–Crippen LogP) is 2.90. The van der Waals surface area contributed by atoms with Crippen LogP contribution in [-0.2, 0) is 27.4 Å². The van der Waals surface area contributed by atoms with E-state index < -0.39 is 11.9 Å². The first-order valence-electron chi connectivity index (χ1n) is 7.94. The van der Waals surface area contributed by atoms with Gasteiger partial charge in [0, 0.05) is 11.4 Å². The highest BCUT2D eigenvalue weighted by Gasteiger charge is 2.18. The largest absolute Gasteiger partial charge is 0.462 e. The van der Waals surface area contributed by atoms with E-state index in [1.807, 2.05) is 13.0 Å². The van der Waals surface area contributed by atoms with Crippen LogP contribution in [0, 0.1) is 25.2 Å². The normalized spacial score (nSPS) is 10.2. The van der Waals surface area contributed by atoms with Crippen LogP contribution in [0.4, 0.5) is 0 Å². The number of esters is 2. The van der Waals surface area contributed by atoms with Crippen LogP contribution in [0.2, 0.25) is 0 Å². The molecule has 0 radical (unpaired) electrons. The maximum absolute atomic E-state index is 12.1. The van der Waals surface area contributed by atoms with Crippen molar-refractivity contribution >= 4 is 11.9 Å². The molecule has 25 heavy (non-hydrogen) atoms. The Balaban J connectivity index is 2.03. The zero-order chi connectivity index (χ0) is 18.4. The molecular formula is C19H20N2O4. The van der Waals surface area contributed by atoms with Crippen molar-refractivity contribution in [1.29, 1.82) is 5.26 Å². The topological polar surface area (TPSA) is 81.3 Å². The summed E-state index contributed by atoms with van der Waals surface area (Å²) in [6.07, 6.45) is 0. The molecule has 0 fully saturated rings. The minimum absolute atomic E-state index is 0.00894. The van der Waals surface area contributed by atoms with Gasteiger partial charge < -0.3 is 14.0 Å². The van der Waals surface area contributed by atoms with Crippen molar-refractivity contribution in [3.63, 3.8) is 0 Å². The fourth-order valence-corrected chi connectivity index (χ4v) is 2.53. The van der Waals surface area contributed by atoms with Crippen molar-refractivity contribution in [3.8, 4) is 6.07 Å². The average Bonchev–Trinajstić information content (AvgIpc) is 2.88. The van der Waals surface area contributed by atoms with Crippen LogP contribution in [-0.4, -0.2) is 23.1 Å². The monoisotopic (exact) mass is 340 g/mol. The smallest absolute Gasteiger partial charge is 0.339 e. The van der Waals surface area contributed by atoms with Gasteiger partial charge in [-0.15, -0.1) is 0 Å². The van der Waals surface area contributed by atoms with E-state index in [0.29, 0.717) is 23.4 Å². The lowest BCUT2D eigenvalue weighted by Crippen LogP contribution is -2.16. The molecule has 1 aromatic carbocycles. The minimum atomic E-state index is -0.417. The SMILES string of the molecule is CCOC(=O)c1cc(C)n(CC(=O)OCc2cccc(C#N)c2)c1C. The van der Waals surface area contributed by atoms with E-state index in [2.05, 4.69) is 0 Å². The minimum Gasteiger partial charge on any atom is -0.462 e. The van der Waals surface area contributed by atoms with Gasteiger partial charge in [0.15, 0.2) is 0 Å². The first kappa shape index (κ1) is 18.3.